The number of amides is 1. The number of furan rings is 1. The van der Waals surface area contributed by atoms with Crippen molar-refractivity contribution in [2.24, 2.45) is 0 Å². The number of nitrogens with zero attached hydrogens (tertiary/aromatic N) is 4. The molecule has 4 heterocycles. The smallest absolute Gasteiger partial charge is 0.280 e. The van der Waals surface area contributed by atoms with Crippen LogP contribution in [0.15, 0.2) is 39.5 Å². The molecular formula is C23H24N4O4. The molecule has 2 aromatic heterocycles. The van der Waals surface area contributed by atoms with Gasteiger partial charge in [-0.2, -0.15) is 0 Å². The van der Waals surface area contributed by atoms with Crippen LogP contribution in [-0.2, 0) is 12.0 Å². The van der Waals surface area contributed by atoms with Crippen molar-refractivity contribution in [1.82, 2.24) is 19.7 Å². The van der Waals surface area contributed by atoms with Crippen molar-refractivity contribution in [2.75, 3.05) is 20.2 Å². The van der Waals surface area contributed by atoms with Gasteiger partial charge in [-0.1, -0.05) is 0 Å². The first-order chi connectivity index (χ1) is 14.9. The zero-order chi connectivity index (χ0) is 21.8. The highest BCUT2D eigenvalue weighted by molar-refractivity contribution is 5.95. The minimum absolute atomic E-state index is 0.0326. The first-order valence-corrected chi connectivity index (χ1v) is 10.4. The van der Waals surface area contributed by atoms with Gasteiger partial charge in [0.2, 0.25) is 0 Å². The fourth-order valence-corrected chi connectivity index (χ4v) is 4.83. The highest BCUT2D eigenvalue weighted by Crippen LogP contribution is 2.41. The van der Waals surface area contributed by atoms with Crippen molar-refractivity contribution in [3.8, 4) is 17.0 Å². The van der Waals surface area contributed by atoms with Gasteiger partial charge in [-0.15, -0.1) is 10.2 Å². The van der Waals surface area contributed by atoms with Crippen LogP contribution >= 0.6 is 0 Å². The number of aryl methyl sites for hydroxylation is 2. The van der Waals surface area contributed by atoms with E-state index in [4.69, 9.17) is 9.15 Å². The summed E-state index contributed by atoms with van der Waals surface area (Å²) in [5.74, 6) is 2.73. The summed E-state index contributed by atoms with van der Waals surface area (Å²) in [5.41, 5.74) is 1.18. The molecule has 1 saturated heterocycles. The molecule has 31 heavy (non-hydrogen) atoms. The predicted octanol–water partition coefficient (Wildman–Crippen LogP) is 2.71. The number of ether oxygens (including phenoxy) is 1. The van der Waals surface area contributed by atoms with Crippen LogP contribution in [-0.4, -0.2) is 45.8 Å². The van der Waals surface area contributed by atoms with E-state index in [0.717, 1.165) is 24.4 Å². The molecule has 8 nitrogen and oxygen atoms in total. The topological polar surface area (TPSA) is 90.5 Å². The minimum Gasteiger partial charge on any atom is -0.497 e. The van der Waals surface area contributed by atoms with E-state index in [2.05, 4.69) is 10.2 Å². The highest BCUT2D eigenvalue weighted by Gasteiger charge is 2.48. The summed E-state index contributed by atoms with van der Waals surface area (Å²) in [7, 11) is 1.60. The number of methoxy groups -OCH3 is 1. The van der Waals surface area contributed by atoms with Gasteiger partial charge in [0.05, 0.1) is 18.1 Å². The maximum atomic E-state index is 13.2. The Morgan fingerprint density at radius 1 is 1.13 bits per heavy atom. The molecule has 0 bridgehead atoms. The molecule has 2 aliphatic heterocycles. The van der Waals surface area contributed by atoms with Crippen LogP contribution in [0.2, 0.25) is 0 Å². The van der Waals surface area contributed by atoms with Crippen LogP contribution in [0.5, 0.6) is 5.75 Å². The number of fused-ring (bicyclic) bond motifs is 2. The van der Waals surface area contributed by atoms with Gasteiger partial charge in [0.15, 0.2) is 5.69 Å². The lowest BCUT2D eigenvalue weighted by atomic mass is 9.85. The van der Waals surface area contributed by atoms with Crippen molar-refractivity contribution < 1.29 is 13.9 Å². The molecule has 160 valence electrons. The van der Waals surface area contributed by atoms with Gasteiger partial charge in [0.1, 0.15) is 23.1 Å². The number of benzene rings is 1. The molecule has 1 unspecified atom stereocenters. The second-order valence-electron chi connectivity index (χ2n) is 8.39. The summed E-state index contributed by atoms with van der Waals surface area (Å²) < 4.78 is 12.4. The van der Waals surface area contributed by atoms with Crippen molar-refractivity contribution in [3.05, 3.63) is 63.6 Å². The third-order valence-electron chi connectivity index (χ3n) is 6.51. The zero-order valence-electron chi connectivity index (χ0n) is 17.8. The van der Waals surface area contributed by atoms with Gasteiger partial charge in [-0.25, -0.2) is 0 Å². The number of likely N-dealkylation sites (tertiary alicyclic amines) is 1. The van der Waals surface area contributed by atoms with Gasteiger partial charge < -0.3 is 14.1 Å². The largest absolute Gasteiger partial charge is 0.497 e. The van der Waals surface area contributed by atoms with Crippen molar-refractivity contribution in [3.63, 3.8) is 0 Å². The lowest BCUT2D eigenvalue weighted by Crippen LogP contribution is -2.35. The fraction of sp³-hybridized carbons (Fsp3) is 0.391. The Hall–Kier alpha value is -3.42. The van der Waals surface area contributed by atoms with Crippen LogP contribution in [0.25, 0.3) is 11.3 Å². The number of hydrogen-bond donors (Lipinski definition) is 0. The highest BCUT2D eigenvalue weighted by atomic mass is 16.5. The van der Waals surface area contributed by atoms with Crippen molar-refractivity contribution in [2.45, 2.75) is 38.6 Å². The summed E-state index contributed by atoms with van der Waals surface area (Å²) in [6.45, 7) is 5.39. The molecule has 1 spiro atoms. The summed E-state index contributed by atoms with van der Waals surface area (Å²) in [6.07, 6.45) is 1.54. The lowest BCUT2D eigenvalue weighted by molar-refractivity contribution is 0.0781. The predicted molar refractivity (Wildman–Crippen MR) is 113 cm³/mol. The Morgan fingerprint density at radius 3 is 2.55 bits per heavy atom. The average molecular weight is 420 g/mol. The molecule has 0 aliphatic carbocycles. The van der Waals surface area contributed by atoms with Crippen LogP contribution in [0, 0.1) is 13.8 Å². The summed E-state index contributed by atoms with van der Waals surface area (Å²) in [5, 5.41) is 8.79. The number of carbonyl (C=O) groups excluding carboxylic acids is 1. The number of rotatable bonds is 3. The first kappa shape index (κ1) is 19.5. The Morgan fingerprint density at radius 2 is 1.87 bits per heavy atom. The molecule has 0 radical (unpaired) electrons. The number of carbonyl (C=O) groups is 1. The Labute approximate surface area is 179 Å². The standard InChI is InChI=1S/C23H24N4O4/c1-14-12-18(15(2)31-14)20(28)26-10-8-23(13-26)9-11-27-21(29)19(24-25-22(23)27)16-4-6-17(30-3)7-5-16/h4-7,12H,8-11,13H2,1-3H3. The molecule has 1 amide bonds. The zero-order valence-corrected chi connectivity index (χ0v) is 17.8. The van der Waals surface area contributed by atoms with Gasteiger partial charge in [-0.05, 0) is 57.0 Å². The van der Waals surface area contributed by atoms with Gasteiger partial charge in [0.25, 0.3) is 11.5 Å². The van der Waals surface area contributed by atoms with Gasteiger partial charge >= 0.3 is 0 Å². The van der Waals surface area contributed by atoms with E-state index in [-0.39, 0.29) is 16.9 Å². The Balaban J connectivity index is 1.44. The van der Waals surface area contributed by atoms with E-state index in [9.17, 15) is 9.59 Å². The van der Waals surface area contributed by atoms with Crippen LogP contribution in [0.1, 0.15) is 40.5 Å². The second-order valence-corrected chi connectivity index (χ2v) is 8.39. The molecule has 0 N–H and O–H groups in total. The van der Waals surface area contributed by atoms with E-state index in [1.54, 1.807) is 29.9 Å². The van der Waals surface area contributed by atoms with Gasteiger partial charge in [0, 0.05) is 25.2 Å². The fourth-order valence-electron chi connectivity index (χ4n) is 4.83. The van der Waals surface area contributed by atoms with E-state index < -0.39 is 0 Å². The molecule has 0 saturated carbocycles. The molecular weight excluding hydrogens is 396 g/mol. The molecule has 8 heteroatoms. The summed E-state index contributed by atoms with van der Waals surface area (Å²) in [4.78, 5) is 28.1. The molecule has 1 fully saturated rings. The van der Waals surface area contributed by atoms with Crippen LogP contribution in [0.4, 0.5) is 0 Å². The Kier molecular flexibility index (Phi) is 4.46. The molecule has 1 aromatic carbocycles. The lowest BCUT2D eigenvalue weighted by Gasteiger charge is -2.23. The number of hydrogen-bond acceptors (Lipinski definition) is 6. The molecule has 5 rings (SSSR count). The third kappa shape index (κ3) is 3.05. The molecule has 3 aromatic rings. The minimum atomic E-state index is -0.326. The molecule has 1 atom stereocenters. The normalized spacial score (nSPS) is 19.8. The van der Waals surface area contributed by atoms with Crippen molar-refractivity contribution in [1.29, 1.82) is 0 Å². The maximum Gasteiger partial charge on any atom is 0.280 e. The maximum absolute atomic E-state index is 13.2. The van der Waals surface area contributed by atoms with E-state index in [1.165, 1.54) is 0 Å². The Bertz CT molecular complexity index is 1230. The van der Waals surface area contributed by atoms with E-state index >= 15 is 0 Å². The van der Waals surface area contributed by atoms with Gasteiger partial charge in [-0.3, -0.25) is 14.2 Å². The van der Waals surface area contributed by atoms with Crippen LogP contribution < -0.4 is 10.3 Å². The second kappa shape index (κ2) is 7.08. The van der Waals surface area contributed by atoms with E-state index in [0.29, 0.717) is 48.0 Å². The van der Waals surface area contributed by atoms with Crippen LogP contribution in [0.3, 0.4) is 0 Å². The summed E-state index contributed by atoms with van der Waals surface area (Å²) in [6, 6.07) is 9.02. The quantitative estimate of drug-likeness (QED) is 0.647. The monoisotopic (exact) mass is 420 g/mol. The van der Waals surface area contributed by atoms with Crippen molar-refractivity contribution >= 4 is 5.91 Å². The third-order valence-corrected chi connectivity index (χ3v) is 6.51. The first-order valence-electron chi connectivity index (χ1n) is 10.4. The SMILES string of the molecule is COc1ccc(-c2nnc3n(c2=O)CCC32CCN(C(=O)c3cc(C)oc3C)C2)cc1. The number of aromatic nitrogens is 3. The van der Waals surface area contributed by atoms with E-state index in [1.807, 2.05) is 30.9 Å². The molecule has 2 aliphatic rings. The average Bonchev–Trinajstić information content (AvgIpc) is 3.46. The summed E-state index contributed by atoms with van der Waals surface area (Å²) >= 11 is 0.